The van der Waals surface area contributed by atoms with Crippen LogP contribution in [0.2, 0.25) is 0 Å². The SMILES string of the molecule is C[C@@H](F)C[C@](C)(CNc1ncc(-c2ccc(O)c(C(N)=O)c2)cn1)c1ncccc1F. The Morgan fingerprint density at radius 1 is 1.23 bits per heavy atom. The van der Waals surface area contributed by atoms with Gasteiger partial charge in [-0.15, -0.1) is 0 Å². The van der Waals surface area contributed by atoms with Crippen molar-refractivity contribution in [3.8, 4) is 16.9 Å². The topological polar surface area (TPSA) is 114 Å². The van der Waals surface area contributed by atoms with Gasteiger partial charge in [-0.05, 0) is 43.2 Å². The lowest BCUT2D eigenvalue weighted by molar-refractivity contribution is 0.0998. The number of aromatic nitrogens is 3. The number of halogens is 2. The van der Waals surface area contributed by atoms with Crippen molar-refractivity contribution < 1.29 is 18.7 Å². The number of nitrogens with zero attached hydrogens (tertiary/aromatic N) is 3. The van der Waals surface area contributed by atoms with E-state index >= 15 is 0 Å². The Labute approximate surface area is 178 Å². The zero-order chi connectivity index (χ0) is 22.6. The number of aromatic hydroxyl groups is 1. The highest BCUT2D eigenvalue weighted by molar-refractivity contribution is 5.96. The molecule has 7 nitrogen and oxygen atoms in total. The standard InChI is InChI=1S/C22H23F2N5O2/c1-13(23)9-22(2,19-17(24)4-3-7-26-19)12-29-21-27-10-15(11-28-21)14-5-6-18(30)16(8-14)20(25)31/h3-8,10-11,13,30H,9,12H2,1-2H3,(H2,25,31)(H,27,28,29)/t13-,22-/m1/s1. The van der Waals surface area contributed by atoms with E-state index in [-0.39, 0.29) is 35.9 Å². The summed E-state index contributed by atoms with van der Waals surface area (Å²) < 4.78 is 28.2. The number of phenols is 1. The fourth-order valence-corrected chi connectivity index (χ4v) is 3.46. The van der Waals surface area contributed by atoms with Crippen LogP contribution in [0.4, 0.5) is 14.7 Å². The fourth-order valence-electron chi connectivity index (χ4n) is 3.46. The molecule has 0 aliphatic carbocycles. The van der Waals surface area contributed by atoms with E-state index in [4.69, 9.17) is 5.73 Å². The molecule has 162 valence electrons. The molecule has 2 aromatic heterocycles. The van der Waals surface area contributed by atoms with Crippen molar-refractivity contribution in [3.05, 3.63) is 66.0 Å². The average Bonchev–Trinajstić information content (AvgIpc) is 2.72. The van der Waals surface area contributed by atoms with Crippen LogP contribution in [-0.4, -0.2) is 38.7 Å². The minimum atomic E-state index is -1.16. The number of nitrogens with one attached hydrogen (secondary N) is 1. The molecule has 0 fully saturated rings. The summed E-state index contributed by atoms with van der Waals surface area (Å²) >= 11 is 0. The van der Waals surface area contributed by atoms with Gasteiger partial charge in [0.05, 0.1) is 17.4 Å². The third kappa shape index (κ3) is 5.11. The van der Waals surface area contributed by atoms with Gasteiger partial charge >= 0.3 is 0 Å². The molecule has 0 radical (unpaired) electrons. The molecule has 0 bridgehead atoms. The van der Waals surface area contributed by atoms with E-state index in [1.54, 1.807) is 13.0 Å². The van der Waals surface area contributed by atoms with E-state index in [9.17, 15) is 18.7 Å². The van der Waals surface area contributed by atoms with Crippen molar-refractivity contribution in [2.45, 2.75) is 31.9 Å². The number of amides is 1. The van der Waals surface area contributed by atoms with Crippen LogP contribution >= 0.6 is 0 Å². The molecule has 0 saturated carbocycles. The smallest absolute Gasteiger partial charge is 0.252 e. The first-order valence-corrected chi connectivity index (χ1v) is 9.64. The van der Waals surface area contributed by atoms with Crippen molar-refractivity contribution in [2.75, 3.05) is 11.9 Å². The fraction of sp³-hybridized carbons (Fsp3) is 0.273. The zero-order valence-electron chi connectivity index (χ0n) is 17.1. The average molecular weight is 427 g/mol. The Balaban J connectivity index is 1.79. The van der Waals surface area contributed by atoms with E-state index < -0.39 is 23.3 Å². The number of nitrogens with two attached hydrogens (primary N) is 1. The molecule has 4 N–H and O–H groups in total. The number of hydrogen-bond acceptors (Lipinski definition) is 6. The lowest BCUT2D eigenvalue weighted by atomic mass is 9.81. The van der Waals surface area contributed by atoms with Gasteiger partial charge in [0.1, 0.15) is 11.6 Å². The van der Waals surface area contributed by atoms with Gasteiger partial charge in [0.25, 0.3) is 5.91 Å². The minimum absolute atomic E-state index is 0.00630. The largest absolute Gasteiger partial charge is 0.507 e. The molecule has 9 heteroatoms. The number of anilines is 1. The van der Waals surface area contributed by atoms with Crippen LogP contribution in [0, 0.1) is 5.82 Å². The second-order valence-electron chi connectivity index (χ2n) is 7.62. The normalized spacial score (nSPS) is 13.9. The summed E-state index contributed by atoms with van der Waals surface area (Å²) in [5.41, 5.74) is 5.71. The maximum absolute atomic E-state index is 14.3. The molecule has 0 saturated heterocycles. The number of primary amides is 1. The number of hydrogen-bond donors (Lipinski definition) is 3. The molecule has 3 rings (SSSR count). The van der Waals surface area contributed by atoms with Gasteiger partial charge in [-0.25, -0.2) is 18.7 Å². The molecule has 1 aromatic carbocycles. The Bertz CT molecular complexity index is 1080. The van der Waals surface area contributed by atoms with Crippen LogP contribution in [-0.2, 0) is 5.41 Å². The summed E-state index contributed by atoms with van der Waals surface area (Å²) in [4.78, 5) is 24.0. The molecule has 0 unspecified atom stereocenters. The van der Waals surface area contributed by atoms with Crippen molar-refractivity contribution in [2.24, 2.45) is 5.73 Å². The van der Waals surface area contributed by atoms with Gasteiger partial charge < -0.3 is 16.2 Å². The van der Waals surface area contributed by atoms with Crippen LogP contribution < -0.4 is 11.1 Å². The molecule has 0 aliphatic rings. The zero-order valence-corrected chi connectivity index (χ0v) is 17.1. The van der Waals surface area contributed by atoms with Crippen LogP contribution in [0.5, 0.6) is 5.75 Å². The predicted octanol–water partition coefficient (Wildman–Crippen LogP) is 3.60. The molecule has 2 atom stereocenters. The molecule has 31 heavy (non-hydrogen) atoms. The summed E-state index contributed by atoms with van der Waals surface area (Å²) in [6.07, 6.45) is 3.44. The van der Waals surface area contributed by atoms with Crippen LogP contribution in [0.1, 0.15) is 36.3 Å². The third-order valence-corrected chi connectivity index (χ3v) is 4.95. The van der Waals surface area contributed by atoms with Crippen LogP contribution in [0.15, 0.2) is 48.9 Å². The molecule has 1 amide bonds. The number of pyridine rings is 1. The van der Waals surface area contributed by atoms with E-state index in [0.717, 1.165) is 0 Å². The quantitative estimate of drug-likeness (QED) is 0.506. The second kappa shape index (κ2) is 9.03. The summed E-state index contributed by atoms with van der Waals surface area (Å²) in [6, 6.07) is 7.21. The second-order valence-corrected chi connectivity index (χ2v) is 7.62. The Morgan fingerprint density at radius 2 is 1.94 bits per heavy atom. The van der Waals surface area contributed by atoms with Gasteiger partial charge in [0, 0.05) is 36.1 Å². The Hall–Kier alpha value is -3.62. The molecular formula is C22H23F2N5O2. The molecule has 0 aliphatic heterocycles. The third-order valence-electron chi connectivity index (χ3n) is 4.95. The lowest BCUT2D eigenvalue weighted by Crippen LogP contribution is -2.36. The monoisotopic (exact) mass is 427 g/mol. The number of rotatable bonds is 8. The summed E-state index contributed by atoms with van der Waals surface area (Å²) in [7, 11) is 0. The van der Waals surface area contributed by atoms with Crippen LogP contribution in [0.25, 0.3) is 11.1 Å². The Kier molecular flexibility index (Phi) is 6.43. The number of carbonyl (C=O) groups excluding carboxylic acids is 1. The van der Waals surface area contributed by atoms with Gasteiger partial charge in [0.15, 0.2) is 0 Å². The molecule has 3 aromatic rings. The maximum Gasteiger partial charge on any atom is 0.252 e. The lowest BCUT2D eigenvalue weighted by Gasteiger charge is -2.30. The maximum atomic E-state index is 14.3. The van der Waals surface area contributed by atoms with Crippen molar-refractivity contribution in [1.29, 1.82) is 0 Å². The molecule has 2 heterocycles. The summed E-state index contributed by atoms with van der Waals surface area (Å²) in [5.74, 6) is -1.19. The Morgan fingerprint density at radius 3 is 2.55 bits per heavy atom. The minimum Gasteiger partial charge on any atom is -0.507 e. The number of carbonyl (C=O) groups is 1. The highest BCUT2D eigenvalue weighted by atomic mass is 19.1. The first-order valence-electron chi connectivity index (χ1n) is 9.64. The van der Waals surface area contributed by atoms with Crippen molar-refractivity contribution in [3.63, 3.8) is 0 Å². The molecular weight excluding hydrogens is 404 g/mol. The van der Waals surface area contributed by atoms with E-state index in [1.165, 1.54) is 49.8 Å². The number of benzene rings is 1. The van der Waals surface area contributed by atoms with E-state index in [2.05, 4.69) is 20.3 Å². The van der Waals surface area contributed by atoms with Crippen LogP contribution in [0.3, 0.4) is 0 Å². The van der Waals surface area contributed by atoms with E-state index in [1.807, 2.05) is 0 Å². The van der Waals surface area contributed by atoms with Gasteiger partial charge in [-0.1, -0.05) is 13.0 Å². The summed E-state index contributed by atoms with van der Waals surface area (Å²) in [5, 5.41) is 12.7. The van der Waals surface area contributed by atoms with Crippen molar-refractivity contribution in [1.82, 2.24) is 15.0 Å². The van der Waals surface area contributed by atoms with E-state index in [0.29, 0.717) is 11.1 Å². The van der Waals surface area contributed by atoms with Gasteiger partial charge in [-0.2, -0.15) is 0 Å². The first-order chi connectivity index (χ1) is 14.7. The van der Waals surface area contributed by atoms with Gasteiger partial charge in [-0.3, -0.25) is 9.78 Å². The molecule has 0 spiro atoms. The highest BCUT2D eigenvalue weighted by Crippen LogP contribution is 2.31. The highest BCUT2D eigenvalue weighted by Gasteiger charge is 2.33. The first kappa shape index (κ1) is 22.1. The van der Waals surface area contributed by atoms with Gasteiger partial charge in [0.2, 0.25) is 5.95 Å². The summed E-state index contributed by atoms with van der Waals surface area (Å²) in [6.45, 7) is 3.32. The number of alkyl halides is 1. The predicted molar refractivity (Wildman–Crippen MR) is 113 cm³/mol. The van der Waals surface area contributed by atoms with Crippen molar-refractivity contribution >= 4 is 11.9 Å².